The number of ether oxygens (including phenoxy) is 1. The molecule has 1 unspecified atom stereocenters. The summed E-state index contributed by atoms with van der Waals surface area (Å²) in [5, 5.41) is 23.3. The van der Waals surface area contributed by atoms with E-state index in [1.807, 2.05) is 45.0 Å². The normalized spacial score (nSPS) is 16.4. The largest absolute Gasteiger partial charge is 0.507 e. The molecule has 1 aliphatic heterocycles. The van der Waals surface area contributed by atoms with Crippen molar-refractivity contribution in [3.63, 3.8) is 0 Å². The summed E-state index contributed by atoms with van der Waals surface area (Å²) in [6, 6.07) is 14.6. The molecule has 194 valence electrons. The highest BCUT2D eigenvalue weighted by Crippen LogP contribution is 2.44. The standard InChI is InChI=1S/C29H34N4O3S/c1-17-18(2)26-24(19(3)25(17)34)13-14-29(4,36-26)15-16-37-23-11-9-21(10-12-23)32-27(35)20-5-7-22(8-6-20)33-28(30)31/h5-12,34H,13-16H2,1-4H3,(H,32,35)(H4,30,31,33). The number of hydrogen-bond acceptors (Lipinski definition) is 5. The fourth-order valence-corrected chi connectivity index (χ4v) is 5.65. The number of hydrogen-bond donors (Lipinski definition) is 5. The van der Waals surface area contributed by atoms with Gasteiger partial charge in [0.2, 0.25) is 0 Å². The highest BCUT2D eigenvalue weighted by Gasteiger charge is 2.34. The molecule has 1 heterocycles. The Morgan fingerprint density at radius 1 is 1.03 bits per heavy atom. The van der Waals surface area contributed by atoms with Crippen LogP contribution in [0, 0.1) is 26.2 Å². The lowest BCUT2D eigenvalue weighted by Gasteiger charge is -2.38. The highest BCUT2D eigenvalue weighted by atomic mass is 32.2. The van der Waals surface area contributed by atoms with Crippen LogP contribution in [0.5, 0.6) is 11.5 Å². The van der Waals surface area contributed by atoms with Gasteiger partial charge in [-0.05, 0) is 112 Å². The first-order valence-corrected chi connectivity index (χ1v) is 13.3. The fourth-order valence-electron chi connectivity index (χ4n) is 4.55. The monoisotopic (exact) mass is 518 g/mol. The lowest BCUT2D eigenvalue weighted by molar-refractivity contribution is 0.0610. The number of fused-ring (bicyclic) bond motifs is 1. The number of anilines is 2. The van der Waals surface area contributed by atoms with E-state index in [0.29, 0.717) is 17.0 Å². The van der Waals surface area contributed by atoms with Crippen LogP contribution < -0.4 is 21.1 Å². The highest BCUT2D eigenvalue weighted by molar-refractivity contribution is 7.99. The third-order valence-corrected chi connectivity index (χ3v) is 8.04. The number of benzene rings is 3. The van der Waals surface area contributed by atoms with E-state index in [9.17, 15) is 9.90 Å². The van der Waals surface area contributed by atoms with Gasteiger partial charge in [-0.2, -0.15) is 0 Å². The Labute approximate surface area is 222 Å². The quantitative estimate of drug-likeness (QED) is 0.146. The Balaban J connectivity index is 1.31. The molecule has 0 radical (unpaired) electrons. The number of nitrogens with one attached hydrogen (secondary N) is 3. The zero-order valence-corrected chi connectivity index (χ0v) is 22.5. The lowest BCUT2D eigenvalue weighted by Crippen LogP contribution is -2.37. The van der Waals surface area contributed by atoms with Crippen LogP contribution in [0.2, 0.25) is 0 Å². The maximum atomic E-state index is 12.6. The molecule has 8 heteroatoms. The molecular weight excluding hydrogens is 484 g/mol. The topological polar surface area (TPSA) is 120 Å². The number of phenols is 1. The van der Waals surface area contributed by atoms with Crippen molar-refractivity contribution in [2.75, 3.05) is 16.4 Å². The molecule has 0 saturated carbocycles. The minimum atomic E-state index is -0.246. The molecule has 3 aromatic carbocycles. The average Bonchev–Trinajstić information content (AvgIpc) is 2.87. The molecule has 37 heavy (non-hydrogen) atoms. The summed E-state index contributed by atoms with van der Waals surface area (Å²) in [4.78, 5) is 13.7. The Morgan fingerprint density at radius 3 is 2.30 bits per heavy atom. The van der Waals surface area contributed by atoms with Gasteiger partial charge in [-0.15, -0.1) is 11.8 Å². The number of guanidine groups is 1. The molecule has 1 aliphatic rings. The Hall–Kier alpha value is -3.65. The van der Waals surface area contributed by atoms with Gasteiger partial charge in [-0.1, -0.05) is 0 Å². The van der Waals surface area contributed by atoms with E-state index >= 15 is 0 Å². The number of phenolic OH excluding ortho intramolecular Hbond substituents is 1. The smallest absolute Gasteiger partial charge is 0.255 e. The van der Waals surface area contributed by atoms with Gasteiger partial charge in [0.1, 0.15) is 17.1 Å². The molecule has 0 bridgehead atoms. The van der Waals surface area contributed by atoms with Gasteiger partial charge in [0.25, 0.3) is 5.91 Å². The van der Waals surface area contributed by atoms with Crippen molar-refractivity contribution in [1.29, 1.82) is 5.41 Å². The van der Waals surface area contributed by atoms with Gasteiger partial charge in [-0.3, -0.25) is 10.2 Å². The van der Waals surface area contributed by atoms with Gasteiger partial charge in [-0.25, -0.2) is 0 Å². The Bertz CT molecular complexity index is 1320. The van der Waals surface area contributed by atoms with E-state index in [1.54, 1.807) is 36.0 Å². The van der Waals surface area contributed by atoms with Crippen molar-refractivity contribution in [1.82, 2.24) is 0 Å². The summed E-state index contributed by atoms with van der Waals surface area (Å²) in [6.07, 6.45) is 2.73. The molecule has 1 amide bonds. The number of thioether (sulfide) groups is 1. The van der Waals surface area contributed by atoms with Gasteiger partial charge in [0.15, 0.2) is 5.96 Å². The molecule has 6 N–H and O–H groups in total. The maximum Gasteiger partial charge on any atom is 0.255 e. The summed E-state index contributed by atoms with van der Waals surface area (Å²) in [7, 11) is 0. The van der Waals surface area contributed by atoms with Crippen LogP contribution in [0.15, 0.2) is 53.4 Å². The molecule has 0 aliphatic carbocycles. The third-order valence-electron chi connectivity index (χ3n) is 7.03. The molecule has 0 spiro atoms. The van der Waals surface area contributed by atoms with Crippen LogP contribution in [0.25, 0.3) is 0 Å². The molecule has 4 rings (SSSR count). The number of carbonyl (C=O) groups excluding carboxylic acids is 1. The number of amides is 1. The third kappa shape index (κ3) is 6.02. The number of carbonyl (C=O) groups is 1. The first-order chi connectivity index (χ1) is 17.6. The first-order valence-electron chi connectivity index (χ1n) is 12.3. The van der Waals surface area contributed by atoms with Crippen LogP contribution in [-0.4, -0.2) is 28.3 Å². The lowest BCUT2D eigenvalue weighted by atomic mass is 9.86. The van der Waals surface area contributed by atoms with Crippen LogP contribution >= 0.6 is 11.8 Å². The van der Waals surface area contributed by atoms with E-state index in [0.717, 1.165) is 63.6 Å². The van der Waals surface area contributed by atoms with Crippen molar-refractivity contribution in [2.45, 2.75) is 57.5 Å². The minimum Gasteiger partial charge on any atom is -0.507 e. The molecule has 3 aromatic rings. The number of nitrogens with two attached hydrogens (primary N) is 1. The van der Waals surface area contributed by atoms with Crippen molar-refractivity contribution in [3.05, 3.63) is 76.3 Å². The number of rotatable bonds is 7. The SMILES string of the molecule is Cc1c(C)c2c(c(C)c1O)CCC(C)(CCSc1ccc(NC(=O)c3ccc(NC(=N)N)cc3)cc1)O2. The van der Waals surface area contributed by atoms with Gasteiger partial charge in [0, 0.05) is 33.2 Å². The Morgan fingerprint density at radius 2 is 1.65 bits per heavy atom. The average molecular weight is 519 g/mol. The van der Waals surface area contributed by atoms with Crippen LogP contribution in [0.4, 0.5) is 11.4 Å². The maximum absolute atomic E-state index is 12.6. The van der Waals surface area contributed by atoms with E-state index in [2.05, 4.69) is 17.6 Å². The van der Waals surface area contributed by atoms with Crippen LogP contribution in [0.3, 0.4) is 0 Å². The predicted molar refractivity (Wildman–Crippen MR) is 151 cm³/mol. The second-order valence-corrected chi connectivity index (χ2v) is 10.9. The molecule has 0 aromatic heterocycles. The summed E-state index contributed by atoms with van der Waals surface area (Å²) in [5.41, 5.74) is 11.0. The number of aromatic hydroxyl groups is 1. The minimum absolute atomic E-state index is 0.151. The van der Waals surface area contributed by atoms with Crippen molar-refractivity contribution in [2.24, 2.45) is 5.73 Å². The van der Waals surface area contributed by atoms with E-state index in [4.69, 9.17) is 15.9 Å². The van der Waals surface area contributed by atoms with E-state index in [-0.39, 0.29) is 17.5 Å². The van der Waals surface area contributed by atoms with Gasteiger partial charge >= 0.3 is 0 Å². The van der Waals surface area contributed by atoms with Gasteiger partial charge < -0.3 is 26.2 Å². The van der Waals surface area contributed by atoms with E-state index < -0.39 is 0 Å². The second kappa shape index (κ2) is 10.8. The Kier molecular flexibility index (Phi) is 7.68. The van der Waals surface area contributed by atoms with Crippen molar-refractivity contribution < 1.29 is 14.6 Å². The first kappa shape index (κ1) is 26.4. The molecule has 0 saturated heterocycles. The van der Waals surface area contributed by atoms with Crippen LogP contribution in [-0.2, 0) is 6.42 Å². The molecule has 1 atom stereocenters. The molecule has 0 fully saturated rings. The summed E-state index contributed by atoms with van der Waals surface area (Å²) in [5.74, 6) is 1.89. The summed E-state index contributed by atoms with van der Waals surface area (Å²) in [6.45, 7) is 8.11. The zero-order valence-electron chi connectivity index (χ0n) is 21.7. The molecule has 7 nitrogen and oxygen atoms in total. The zero-order chi connectivity index (χ0) is 26.7. The van der Waals surface area contributed by atoms with Crippen molar-refractivity contribution >= 4 is 35.0 Å². The molecular formula is C29H34N4O3S. The van der Waals surface area contributed by atoms with Gasteiger partial charge in [0.05, 0.1) is 0 Å². The summed E-state index contributed by atoms with van der Waals surface area (Å²) < 4.78 is 6.54. The van der Waals surface area contributed by atoms with E-state index in [1.165, 1.54) is 0 Å². The van der Waals surface area contributed by atoms with Crippen molar-refractivity contribution in [3.8, 4) is 11.5 Å². The van der Waals surface area contributed by atoms with Crippen LogP contribution in [0.1, 0.15) is 52.4 Å². The predicted octanol–water partition coefficient (Wildman–Crippen LogP) is 6.14. The second-order valence-electron chi connectivity index (χ2n) is 9.78. The fraction of sp³-hybridized carbons (Fsp3) is 0.310. The summed E-state index contributed by atoms with van der Waals surface area (Å²) >= 11 is 1.77.